The second kappa shape index (κ2) is 8.85. The van der Waals surface area contributed by atoms with Crippen molar-refractivity contribution >= 4 is 12.4 Å². The minimum Gasteiger partial charge on any atom is -0.254 e. The summed E-state index contributed by atoms with van der Waals surface area (Å²) in [5.41, 5.74) is 6.24. The van der Waals surface area contributed by atoms with E-state index in [-0.39, 0.29) is 12.4 Å². The fourth-order valence-corrected chi connectivity index (χ4v) is 3.93. The van der Waals surface area contributed by atoms with Gasteiger partial charge in [0.25, 0.3) is 5.95 Å². The highest BCUT2D eigenvalue weighted by molar-refractivity contribution is 5.85. The zero-order valence-electron chi connectivity index (χ0n) is 18.3. The summed E-state index contributed by atoms with van der Waals surface area (Å²) >= 11 is 0. The number of hydrogen-bond acceptors (Lipinski definition) is 3. The number of hydrogen-bond donors (Lipinski definition) is 0. The van der Waals surface area contributed by atoms with E-state index in [0.29, 0.717) is 5.95 Å². The van der Waals surface area contributed by atoms with Gasteiger partial charge in [-0.2, -0.15) is 14.5 Å². The van der Waals surface area contributed by atoms with Gasteiger partial charge in [0.15, 0.2) is 5.82 Å². The molecule has 0 aliphatic carbocycles. The molecule has 0 aliphatic heterocycles. The summed E-state index contributed by atoms with van der Waals surface area (Å²) in [6.45, 7) is 6.27. The molecular weight excluding hydrogens is 420 g/mol. The highest BCUT2D eigenvalue weighted by atomic mass is 35.5. The smallest absolute Gasteiger partial charge is 0.254 e. The summed E-state index contributed by atoms with van der Waals surface area (Å²) in [6.07, 6.45) is 0.761. The van der Waals surface area contributed by atoms with Crippen LogP contribution in [0, 0.1) is 13.8 Å². The van der Waals surface area contributed by atoms with Crippen molar-refractivity contribution in [2.45, 2.75) is 27.2 Å². The van der Waals surface area contributed by atoms with Gasteiger partial charge in [-0.1, -0.05) is 67.6 Å². The lowest BCUT2D eigenvalue weighted by molar-refractivity contribution is 0.567. The zero-order chi connectivity index (χ0) is 21.4. The molecule has 0 aliphatic rings. The summed E-state index contributed by atoms with van der Waals surface area (Å²) in [5, 5.41) is 14.1. The molecule has 0 spiro atoms. The first-order valence-electron chi connectivity index (χ1n) is 10.5. The van der Waals surface area contributed by atoms with Gasteiger partial charge in [-0.15, -0.1) is 22.6 Å². The molecule has 162 valence electrons. The minimum absolute atomic E-state index is 0. The highest BCUT2D eigenvalue weighted by Gasteiger charge is 2.21. The van der Waals surface area contributed by atoms with Crippen molar-refractivity contribution in [3.63, 3.8) is 0 Å². The molecule has 3 heterocycles. The monoisotopic (exact) mass is 444 g/mol. The molecule has 6 nitrogen and oxygen atoms in total. The molecule has 7 heteroatoms. The molecule has 0 fully saturated rings. The molecule has 5 aromatic rings. The Morgan fingerprint density at radius 3 is 1.91 bits per heavy atom. The van der Waals surface area contributed by atoms with Crippen molar-refractivity contribution in [1.82, 2.24) is 29.3 Å². The Hall–Kier alpha value is -3.64. The van der Waals surface area contributed by atoms with E-state index in [0.717, 1.165) is 46.1 Å². The quantitative estimate of drug-likeness (QED) is 0.359. The largest absolute Gasteiger partial charge is 0.272 e. The third kappa shape index (κ3) is 3.63. The van der Waals surface area contributed by atoms with Gasteiger partial charge in [0.2, 0.25) is 0 Å². The molecule has 0 saturated heterocycles. The van der Waals surface area contributed by atoms with Crippen LogP contribution in [-0.4, -0.2) is 29.3 Å². The third-order valence-electron chi connectivity index (χ3n) is 5.48. The summed E-state index contributed by atoms with van der Waals surface area (Å²) in [5.74, 6) is 1.55. The Balaban J connectivity index is 0.00000245. The van der Waals surface area contributed by atoms with Gasteiger partial charge in [-0.3, -0.25) is 4.68 Å². The summed E-state index contributed by atoms with van der Waals surface area (Å²) in [6, 6.07) is 26.8. The molecule has 0 saturated carbocycles. The standard InChI is InChI=1S/C25H24N6.ClH/c1-4-24-26-27-25(31(24)30-18(2)15-16-19(30)3)29-23(21-13-9-6-10-14-21)17-22(28-29)20-11-7-5-8-12-20;/h5-17H,4H2,1-3H3;1H. The van der Waals surface area contributed by atoms with E-state index in [1.54, 1.807) is 0 Å². The predicted octanol–water partition coefficient (Wildman–Crippen LogP) is 5.51. The van der Waals surface area contributed by atoms with E-state index >= 15 is 0 Å². The van der Waals surface area contributed by atoms with E-state index < -0.39 is 0 Å². The maximum absolute atomic E-state index is 4.98. The molecule has 0 radical (unpaired) electrons. The predicted molar refractivity (Wildman–Crippen MR) is 129 cm³/mol. The Morgan fingerprint density at radius 2 is 1.31 bits per heavy atom. The van der Waals surface area contributed by atoms with Crippen LogP contribution in [0.15, 0.2) is 78.9 Å². The van der Waals surface area contributed by atoms with Crippen LogP contribution in [0.1, 0.15) is 24.1 Å². The van der Waals surface area contributed by atoms with Crippen LogP contribution in [-0.2, 0) is 6.42 Å². The molecule has 0 N–H and O–H groups in total. The maximum Gasteiger partial charge on any atom is 0.272 e. The van der Waals surface area contributed by atoms with Crippen LogP contribution < -0.4 is 0 Å². The molecule has 2 aromatic carbocycles. The normalized spacial score (nSPS) is 10.8. The highest BCUT2D eigenvalue weighted by Crippen LogP contribution is 2.29. The lowest BCUT2D eigenvalue weighted by Gasteiger charge is -2.16. The number of benzene rings is 2. The summed E-state index contributed by atoms with van der Waals surface area (Å²) in [4.78, 5) is 0. The lowest BCUT2D eigenvalue weighted by atomic mass is 10.1. The molecule has 5 rings (SSSR count). The van der Waals surface area contributed by atoms with Gasteiger partial charge in [0.1, 0.15) is 0 Å². The van der Waals surface area contributed by atoms with Gasteiger partial charge < -0.3 is 0 Å². The van der Waals surface area contributed by atoms with E-state index in [1.165, 1.54) is 0 Å². The average molecular weight is 445 g/mol. The van der Waals surface area contributed by atoms with Crippen LogP contribution in [0.2, 0.25) is 0 Å². The van der Waals surface area contributed by atoms with E-state index in [2.05, 4.69) is 82.8 Å². The van der Waals surface area contributed by atoms with Crippen LogP contribution in [0.4, 0.5) is 0 Å². The number of halogens is 1. The number of nitrogens with zero attached hydrogens (tertiary/aromatic N) is 6. The first kappa shape index (κ1) is 21.6. The van der Waals surface area contributed by atoms with Crippen molar-refractivity contribution in [3.05, 3.63) is 96.1 Å². The van der Waals surface area contributed by atoms with Gasteiger partial charge in [0, 0.05) is 28.9 Å². The molecule has 0 unspecified atom stereocenters. The zero-order valence-corrected chi connectivity index (χ0v) is 19.1. The van der Waals surface area contributed by atoms with Gasteiger partial charge in [-0.25, -0.2) is 0 Å². The molecule has 3 aromatic heterocycles. The molecule has 0 amide bonds. The Kier molecular flexibility index (Phi) is 5.97. The van der Waals surface area contributed by atoms with E-state index in [9.17, 15) is 0 Å². The van der Waals surface area contributed by atoms with Crippen molar-refractivity contribution in [1.29, 1.82) is 0 Å². The summed E-state index contributed by atoms with van der Waals surface area (Å²) in [7, 11) is 0. The number of rotatable bonds is 5. The van der Waals surface area contributed by atoms with Crippen LogP contribution in [0.5, 0.6) is 0 Å². The van der Waals surface area contributed by atoms with Crippen molar-refractivity contribution in [2.24, 2.45) is 0 Å². The Labute approximate surface area is 193 Å². The van der Waals surface area contributed by atoms with Crippen LogP contribution >= 0.6 is 12.4 Å². The Bertz CT molecular complexity index is 1310. The van der Waals surface area contributed by atoms with Gasteiger partial charge >= 0.3 is 0 Å². The second-order valence-electron chi connectivity index (χ2n) is 7.57. The van der Waals surface area contributed by atoms with Crippen molar-refractivity contribution < 1.29 is 0 Å². The van der Waals surface area contributed by atoms with E-state index in [1.807, 2.05) is 41.1 Å². The van der Waals surface area contributed by atoms with Gasteiger partial charge in [-0.05, 0) is 32.0 Å². The Morgan fingerprint density at radius 1 is 0.719 bits per heavy atom. The van der Waals surface area contributed by atoms with E-state index in [4.69, 9.17) is 5.10 Å². The molecule has 32 heavy (non-hydrogen) atoms. The fourth-order valence-electron chi connectivity index (χ4n) is 3.93. The minimum atomic E-state index is 0. The SMILES string of the molecule is CCc1nnc(-n2nc(-c3ccccc3)cc2-c2ccccc2)n1-n1c(C)ccc1C.Cl. The molecule has 0 bridgehead atoms. The van der Waals surface area contributed by atoms with Crippen molar-refractivity contribution in [3.8, 4) is 28.5 Å². The maximum atomic E-state index is 4.98. The first-order chi connectivity index (χ1) is 15.2. The fraction of sp³-hybridized carbons (Fsp3) is 0.160. The molecular formula is C25H25ClN6. The van der Waals surface area contributed by atoms with Crippen molar-refractivity contribution in [2.75, 3.05) is 0 Å². The third-order valence-corrected chi connectivity index (χ3v) is 5.48. The van der Waals surface area contributed by atoms with Crippen LogP contribution in [0.3, 0.4) is 0 Å². The van der Waals surface area contributed by atoms with Gasteiger partial charge in [0.05, 0.1) is 11.4 Å². The average Bonchev–Trinajstić information content (AvgIpc) is 3.51. The summed E-state index contributed by atoms with van der Waals surface area (Å²) < 4.78 is 6.12. The first-order valence-corrected chi connectivity index (χ1v) is 10.5. The number of aromatic nitrogens is 6. The molecule has 0 atom stereocenters. The number of aryl methyl sites for hydroxylation is 3. The topological polar surface area (TPSA) is 53.5 Å². The lowest BCUT2D eigenvalue weighted by Crippen LogP contribution is -2.20. The van der Waals surface area contributed by atoms with Crippen LogP contribution in [0.25, 0.3) is 28.5 Å². The second-order valence-corrected chi connectivity index (χ2v) is 7.57.